The summed E-state index contributed by atoms with van der Waals surface area (Å²) in [4.78, 5) is 22.0. The van der Waals surface area contributed by atoms with Crippen molar-refractivity contribution in [3.05, 3.63) is 29.8 Å². The van der Waals surface area contributed by atoms with Crippen molar-refractivity contribution < 1.29 is 24.0 Å². The van der Waals surface area contributed by atoms with Gasteiger partial charge in [-0.1, -0.05) is 26.8 Å². The fourth-order valence-corrected chi connectivity index (χ4v) is 3.25. The first kappa shape index (κ1) is 22.2. The van der Waals surface area contributed by atoms with Crippen molar-refractivity contribution in [2.24, 2.45) is 0 Å². The SMILES string of the molecule is CC.CCN1CCC(NS(=O)c2cccc(C(=O)O)c2)C1.O=CO. The lowest BCUT2D eigenvalue weighted by Gasteiger charge is -2.14. The van der Waals surface area contributed by atoms with Crippen LogP contribution >= 0.6 is 0 Å². The van der Waals surface area contributed by atoms with Gasteiger partial charge in [0.15, 0.2) is 0 Å². The Bertz CT molecular complexity index is 539. The van der Waals surface area contributed by atoms with E-state index in [1.807, 2.05) is 13.8 Å². The van der Waals surface area contributed by atoms with E-state index in [0.29, 0.717) is 4.90 Å². The Morgan fingerprint density at radius 3 is 2.58 bits per heavy atom. The first-order chi connectivity index (χ1) is 11.5. The second-order valence-corrected chi connectivity index (χ2v) is 5.95. The van der Waals surface area contributed by atoms with E-state index in [4.69, 9.17) is 15.0 Å². The molecule has 0 amide bonds. The standard InChI is InChI=1S/C13H18N2O3S.C2H6.CH2O2/c1-2-15-7-6-11(9-15)14-19(18)12-5-3-4-10(8-12)13(16)17;1-2;2-1-3/h3-5,8,11,14H,2,6-7,9H2,1H3,(H,16,17);1-2H3;1H,(H,2,3). The third kappa shape index (κ3) is 7.67. The second-order valence-electron chi connectivity index (χ2n) is 4.70. The highest BCUT2D eigenvalue weighted by molar-refractivity contribution is 7.83. The van der Waals surface area contributed by atoms with Gasteiger partial charge >= 0.3 is 5.97 Å². The van der Waals surface area contributed by atoms with Crippen molar-refractivity contribution in [2.45, 2.75) is 38.1 Å². The third-order valence-electron chi connectivity index (χ3n) is 3.29. The van der Waals surface area contributed by atoms with Crippen LogP contribution in [-0.2, 0) is 15.8 Å². The molecule has 24 heavy (non-hydrogen) atoms. The molecule has 0 aliphatic carbocycles. The molecule has 1 saturated heterocycles. The van der Waals surface area contributed by atoms with Gasteiger partial charge in [-0.3, -0.25) is 4.79 Å². The molecule has 3 N–H and O–H groups in total. The minimum absolute atomic E-state index is 0.161. The highest BCUT2D eigenvalue weighted by atomic mass is 32.2. The minimum atomic E-state index is -1.36. The number of nitrogens with one attached hydrogen (secondary N) is 1. The lowest BCUT2D eigenvalue weighted by molar-refractivity contribution is -0.122. The van der Waals surface area contributed by atoms with Crippen LogP contribution in [0.15, 0.2) is 29.2 Å². The molecule has 1 aromatic carbocycles. The highest BCUT2D eigenvalue weighted by Crippen LogP contribution is 2.13. The third-order valence-corrected chi connectivity index (χ3v) is 4.52. The van der Waals surface area contributed by atoms with Crippen LogP contribution in [0.1, 0.15) is 37.6 Å². The summed E-state index contributed by atoms with van der Waals surface area (Å²) >= 11 is 0. The van der Waals surface area contributed by atoms with E-state index in [1.54, 1.807) is 12.1 Å². The Kier molecular flexibility index (Phi) is 11.7. The van der Waals surface area contributed by atoms with Gasteiger partial charge in [0.1, 0.15) is 11.0 Å². The first-order valence-corrected chi connectivity index (χ1v) is 8.98. The highest BCUT2D eigenvalue weighted by Gasteiger charge is 2.22. The van der Waals surface area contributed by atoms with Gasteiger partial charge in [-0.05, 0) is 37.7 Å². The zero-order valence-electron chi connectivity index (χ0n) is 14.3. The summed E-state index contributed by atoms with van der Waals surface area (Å²) in [5.41, 5.74) is 0.161. The molecule has 0 aromatic heterocycles. The van der Waals surface area contributed by atoms with Crippen LogP contribution in [0, 0.1) is 0 Å². The summed E-state index contributed by atoms with van der Waals surface area (Å²) in [6, 6.07) is 6.46. The van der Waals surface area contributed by atoms with Gasteiger partial charge in [0.25, 0.3) is 6.47 Å². The Labute approximate surface area is 145 Å². The molecule has 2 unspecified atom stereocenters. The maximum atomic E-state index is 12.2. The lowest BCUT2D eigenvalue weighted by Crippen LogP contribution is -2.33. The van der Waals surface area contributed by atoms with Crippen LogP contribution in [0.3, 0.4) is 0 Å². The minimum Gasteiger partial charge on any atom is -0.483 e. The van der Waals surface area contributed by atoms with Crippen LogP contribution in [0.4, 0.5) is 0 Å². The van der Waals surface area contributed by atoms with Crippen molar-refractivity contribution >= 4 is 23.4 Å². The molecule has 1 fully saturated rings. The van der Waals surface area contributed by atoms with Crippen molar-refractivity contribution in [1.29, 1.82) is 0 Å². The number of likely N-dealkylation sites (N-methyl/N-ethyl adjacent to an activating group) is 1. The van der Waals surface area contributed by atoms with Gasteiger partial charge in [-0.25, -0.2) is 13.7 Å². The first-order valence-electron chi connectivity index (χ1n) is 7.83. The molecule has 136 valence electrons. The van der Waals surface area contributed by atoms with Crippen LogP contribution < -0.4 is 4.72 Å². The molecule has 0 saturated carbocycles. The van der Waals surface area contributed by atoms with Gasteiger partial charge in [0.2, 0.25) is 0 Å². The average molecular weight is 358 g/mol. The Balaban J connectivity index is 0.000000952. The van der Waals surface area contributed by atoms with E-state index >= 15 is 0 Å². The molecule has 0 spiro atoms. The van der Waals surface area contributed by atoms with Crippen molar-refractivity contribution in [3.8, 4) is 0 Å². The number of hydrogen-bond donors (Lipinski definition) is 3. The molecule has 1 aliphatic rings. The number of nitrogens with zero attached hydrogens (tertiary/aromatic N) is 1. The van der Waals surface area contributed by atoms with Gasteiger partial charge in [0, 0.05) is 12.6 Å². The zero-order chi connectivity index (χ0) is 18.5. The number of hydrogen-bond acceptors (Lipinski definition) is 4. The summed E-state index contributed by atoms with van der Waals surface area (Å²) in [5, 5.41) is 15.8. The van der Waals surface area contributed by atoms with E-state index < -0.39 is 17.0 Å². The van der Waals surface area contributed by atoms with Crippen LogP contribution in [-0.4, -0.2) is 57.4 Å². The van der Waals surface area contributed by atoms with Gasteiger partial charge in [-0.2, -0.15) is 0 Å². The van der Waals surface area contributed by atoms with E-state index in [2.05, 4.69) is 16.5 Å². The molecule has 7 nitrogen and oxygen atoms in total. The molecule has 2 rings (SSSR count). The fourth-order valence-electron chi connectivity index (χ4n) is 2.18. The summed E-state index contributed by atoms with van der Waals surface area (Å²) < 4.78 is 15.2. The Hall–Kier alpha value is -1.77. The quantitative estimate of drug-likeness (QED) is 0.693. The zero-order valence-corrected chi connectivity index (χ0v) is 15.1. The predicted molar refractivity (Wildman–Crippen MR) is 93.5 cm³/mol. The van der Waals surface area contributed by atoms with E-state index in [1.165, 1.54) is 12.1 Å². The maximum absolute atomic E-state index is 12.2. The van der Waals surface area contributed by atoms with Crippen LogP contribution in [0.5, 0.6) is 0 Å². The monoisotopic (exact) mass is 358 g/mol. The molecule has 0 bridgehead atoms. The molecule has 1 aliphatic heterocycles. The van der Waals surface area contributed by atoms with Gasteiger partial charge in [0.05, 0.1) is 10.5 Å². The summed E-state index contributed by atoms with van der Waals surface area (Å²) in [6.07, 6.45) is 0.970. The van der Waals surface area contributed by atoms with E-state index in [-0.39, 0.29) is 18.1 Å². The topological polar surface area (TPSA) is 107 Å². The molecule has 8 heteroatoms. The average Bonchev–Trinajstić information content (AvgIpc) is 3.05. The van der Waals surface area contributed by atoms with Crippen molar-refractivity contribution in [3.63, 3.8) is 0 Å². The smallest absolute Gasteiger partial charge is 0.335 e. The normalized spacial score (nSPS) is 17.7. The molecular formula is C16H26N2O5S. The number of likely N-dealkylation sites (tertiary alicyclic amines) is 1. The number of aromatic carboxylic acids is 1. The molecular weight excluding hydrogens is 332 g/mol. The second kappa shape index (κ2) is 12.6. The fraction of sp³-hybridized carbons (Fsp3) is 0.500. The molecule has 1 aromatic rings. The maximum Gasteiger partial charge on any atom is 0.335 e. The Morgan fingerprint density at radius 2 is 2.08 bits per heavy atom. The van der Waals surface area contributed by atoms with Gasteiger partial charge < -0.3 is 15.1 Å². The predicted octanol–water partition coefficient (Wildman–Crippen LogP) is 1.82. The lowest BCUT2D eigenvalue weighted by atomic mass is 10.2. The number of carboxylic acid groups (broad SMARTS) is 2. The molecule has 0 radical (unpaired) electrons. The van der Waals surface area contributed by atoms with E-state index in [9.17, 15) is 9.00 Å². The molecule has 1 heterocycles. The van der Waals surface area contributed by atoms with Gasteiger partial charge in [-0.15, -0.1) is 0 Å². The summed E-state index contributed by atoms with van der Waals surface area (Å²) in [6.45, 7) is 8.76. The largest absolute Gasteiger partial charge is 0.483 e. The van der Waals surface area contributed by atoms with E-state index in [0.717, 1.165) is 26.1 Å². The number of carbonyl (C=O) groups is 2. The van der Waals surface area contributed by atoms with Crippen LogP contribution in [0.2, 0.25) is 0 Å². The molecule has 2 atom stereocenters. The summed E-state index contributed by atoms with van der Waals surface area (Å²) in [7, 11) is -1.36. The number of benzene rings is 1. The van der Waals surface area contributed by atoms with Crippen LogP contribution in [0.25, 0.3) is 0 Å². The number of carboxylic acids is 1. The number of rotatable bonds is 5. The summed E-state index contributed by atoms with van der Waals surface area (Å²) in [5.74, 6) is -1.00. The van der Waals surface area contributed by atoms with Crippen molar-refractivity contribution in [1.82, 2.24) is 9.62 Å². The van der Waals surface area contributed by atoms with Crippen molar-refractivity contribution in [2.75, 3.05) is 19.6 Å². The Morgan fingerprint density at radius 1 is 1.46 bits per heavy atom.